The lowest BCUT2D eigenvalue weighted by molar-refractivity contribution is 0.596. The Labute approximate surface area is 166 Å². The van der Waals surface area contributed by atoms with Crippen LogP contribution in [0.2, 0.25) is 0 Å². The van der Waals surface area contributed by atoms with E-state index < -0.39 is 0 Å². The summed E-state index contributed by atoms with van der Waals surface area (Å²) in [6, 6.07) is 10.5. The topological polar surface area (TPSA) is 67.1 Å². The molecule has 2 heterocycles. The monoisotopic (exact) mass is 454 g/mol. The van der Waals surface area contributed by atoms with Crippen molar-refractivity contribution in [3.05, 3.63) is 47.5 Å². The Kier molecular flexibility index (Phi) is 8.17. The van der Waals surface area contributed by atoms with Gasteiger partial charge in [0, 0.05) is 26.6 Å². The largest absolute Gasteiger partial charge is 0.356 e. The van der Waals surface area contributed by atoms with Crippen LogP contribution in [0.15, 0.2) is 35.3 Å². The fraction of sp³-hybridized carbons (Fsp3) is 0.500. The molecule has 7 heteroatoms. The zero-order valence-electron chi connectivity index (χ0n) is 14.7. The molecular weight excluding hydrogens is 427 g/mol. The van der Waals surface area contributed by atoms with Gasteiger partial charge in [0.25, 0.3) is 0 Å². The first-order valence-electron chi connectivity index (χ1n) is 8.76. The number of fused-ring (bicyclic) bond motifs is 1. The van der Waals surface area contributed by atoms with Gasteiger partial charge in [-0.3, -0.25) is 4.99 Å². The predicted molar refractivity (Wildman–Crippen MR) is 111 cm³/mol. The molecule has 2 aromatic rings. The standard InChI is InChI=1S/C18H26N6.HI/c1-19-18(20-12-11-15-8-4-2-5-9-15)21-14-17-23-22-16-10-6-3-7-13-24(16)17;/h2,4-5,8-9H,3,6-7,10-14H2,1H3,(H2,19,20,21);1H. The van der Waals surface area contributed by atoms with Crippen LogP contribution in [0, 0.1) is 0 Å². The molecule has 0 aliphatic carbocycles. The number of nitrogens with one attached hydrogen (secondary N) is 2. The van der Waals surface area contributed by atoms with Gasteiger partial charge >= 0.3 is 0 Å². The van der Waals surface area contributed by atoms with E-state index in [1.807, 2.05) is 6.07 Å². The maximum Gasteiger partial charge on any atom is 0.191 e. The number of aliphatic imine (C=N–C) groups is 1. The second-order valence-electron chi connectivity index (χ2n) is 6.08. The molecule has 6 nitrogen and oxygen atoms in total. The van der Waals surface area contributed by atoms with Gasteiger partial charge in [-0.15, -0.1) is 34.2 Å². The molecule has 0 fully saturated rings. The van der Waals surface area contributed by atoms with Gasteiger partial charge in [0.15, 0.2) is 11.8 Å². The molecule has 0 saturated carbocycles. The molecule has 25 heavy (non-hydrogen) atoms. The van der Waals surface area contributed by atoms with Crippen molar-refractivity contribution < 1.29 is 0 Å². The van der Waals surface area contributed by atoms with E-state index in [9.17, 15) is 0 Å². The average molecular weight is 454 g/mol. The van der Waals surface area contributed by atoms with Crippen LogP contribution in [-0.2, 0) is 25.9 Å². The van der Waals surface area contributed by atoms with Gasteiger partial charge in [-0.1, -0.05) is 36.8 Å². The highest BCUT2D eigenvalue weighted by molar-refractivity contribution is 14.0. The number of aromatic nitrogens is 3. The van der Waals surface area contributed by atoms with Crippen molar-refractivity contribution in [1.82, 2.24) is 25.4 Å². The van der Waals surface area contributed by atoms with E-state index in [1.165, 1.54) is 24.8 Å². The Bertz CT molecular complexity index is 667. The molecule has 1 aromatic carbocycles. The zero-order valence-corrected chi connectivity index (χ0v) is 17.1. The van der Waals surface area contributed by atoms with E-state index in [-0.39, 0.29) is 24.0 Å². The van der Waals surface area contributed by atoms with E-state index in [1.54, 1.807) is 7.05 Å². The summed E-state index contributed by atoms with van der Waals surface area (Å²) in [5, 5.41) is 15.4. The van der Waals surface area contributed by atoms with Crippen molar-refractivity contribution in [2.24, 2.45) is 4.99 Å². The van der Waals surface area contributed by atoms with E-state index in [2.05, 4.69) is 54.7 Å². The number of hydrogen-bond acceptors (Lipinski definition) is 3. The van der Waals surface area contributed by atoms with Crippen molar-refractivity contribution in [1.29, 1.82) is 0 Å². The average Bonchev–Trinajstić information content (AvgIpc) is 2.85. The lowest BCUT2D eigenvalue weighted by atomic mass is 10.1. The van der Waals surface area contributed by atoms with E-state index in [4.69, 9.17) is 0 Å². The Morgan fingerprint density at radius 1 is 1.12 bits per heavy atom. The second-order valence-corrected chi connectivity index (χ2v) is 6.08. The van der Waals surface area contributed by atoms with Crippen LogP contribution in [0.5, 0.6) is 0 Å². The molecule has 0 unspecified atom stereocenters. The van der Waals surface area contributed by atoms with Crippen LogP contribution in [-0.4, -0.2) is 34.3 Å². The Hall–Kier alpha value is -1.64. The molecule has 1 aliphatic heterocycles. The third-order valence-corrected chi connectivity index (χ3v) is 4.37. The van der Waals surface area contributed by atoms with Crippen molar-refractivity contribution >= 4 is 29.9 Å². The van der Waals surface area contributed by atoms with Gasteiger partial charge in [0.05, 0.1) is 6.54 Å². The third-order valence-electron chi connectivity index (χ3n) is 4.37. The molecule has 0 bridgehead atoms. The summed E-state index contributed by atoms with van der Waals surface area (Å²) in [4.78, 5) is 4.29. The molecule has 3 rings (SSSR count). The lowest BCUT2D eigenvalue weighted by Crippen LogP contribution is -2.38. The highest BCUT2D eigenvalue weighted by Gasteiger charge is 2.14. The van der Waals surface area contributed by atoms with Crippen LogP contribution in [0.25, 0.3) is 0 Å². The van der Waals surface area contributed by atoms with Crippen LogP contribution >= 0.6 is 24.0 Å². The molecule has 0 spiro atoms. The summed E-state index contributed by atoms with van der Waals surface area (Å²) in [7, 11) is 1.79. The second kappa shape index (κ2) is 10.4. The number of rotatable bonds is 5. The fourth-order valence-corrected chi connectivity index (χ4v) is 3.03. The fourth-order valence-electron chi connectivity index (χ4n) is 3.03. The summed E-state index contributed by atoms with van der Waals surface area (Å²) in [5.41, 5.74) is 1.32. The first kappa shape index (κ1) is 19.7. The number of halogens is 1. The Morgan fingerprint density at radius 2 is 1.96 bits per heavy atom. The number of hydrogen-bond donors (Lipinski definition) is 2. The minimum atomic E-state index is 0. The summed E-state index contributed by atoms with van der Waals surface area (Å²) in [5.74, 6) is 2.92. The Morgan fingerprint density at radius 3 is 2.76 bits per heavy atom. The molecule has 0 amide bonds. The minimum Gasteiger partial charge on any atom is -0.356 e. The zero-order chi connectivity index (χ0) is 16.6. The summed E-state index contributed by atoms with van der Waals surface area (Å²) in [6.07, 6.45) is 5.72. The molecule has 136 valence electrons. The van der Waals surface area contributed by atoms with Crippen molar-refractivity contribution in [2.75, 3.05) is 13.6 Å². The molecular formula is C18H27IN6. The number of nitrogens with zero attached hydrogens (tertiary/aromatic N) is 4. The van der Waals surface area contributed by atoms with E-state index in [0.29, 0.717) is 6.54 Å². The van der Waals surface area contributed by atoms with Gasteiger partial charge in [-0.05, 0) is 24.8 Å². The maximum atomic E-state index is 4.34. The summed E-state index contributed by atoms with van der Waals surface area (Å²) in [6.45, 7) is 2.53. The molecule has 1 aliphatic rings. The molecule has 0 radical (unpaired) electrons. The lowest BCUT2D eigenvalue weighted by Gasteiger charge is -2.12. The van der Waals surface area contributed by atoms with Gasteiger partial charge < -0.3 is 15.2 Å². The van der Waals surface area contributed by atoms with Gasteiger partial charge in [-0.25, -0.2) is 0 Å². The van der Waals surface area contributed by atoms with Crippen molar-refractivity contribution in [3.63, 3.8) is 0 Å². The molecule has 1 aromatic heterocycles. The molecule has 2 N–H and O–H groups in total. The maximum absolute atomic E-state index is 4.34. The minimum absolute atomic E-state index is 0. The number of guanidine groups is 1. The number of aryl methyl sites for hydroxylation is 1. The quantitative estimate of drug-likeness (QED) is 0.414. The number of benzene rings is 1. The predicted octanol–water partition coefficient (Wildman–Crippen LogP) is 2.53. The van der Waals surface area contributed by atoms with Crippen LogP contribution in [0.3, 0.4) is 0 Å². The van der Waals surface area contributed by atoms with Crippen molar-refractivity contribution in [2.45, 2.75) is 45.2 Å². The van der Waals surface area contributed by atoms with Crippen molar-refractivity contribution in [3.8, 4) is 0 Å². The van der Waals surface area contributed by atoms with Gasteiger partial charge in [-0.2, -0.15) is 0 Å². The van der Waals surface area contributed by atoms with E-state index in [0.717, 1.165) is 43.5 Å². The smallest absolute Gasteiger partial charge is 0.191 e. The molecule has 0 saturated heterocycles. The summed E-state index contributed by atoms with van der Waals surface area (Å²) < 4.78 is 2.26. The van der Waals surface area contributed by atoms with E-state index >= 15 is 0 Å². The highest BCUT2D eigenvalue weighted by atomic mass is 127. The first-order chi connectivity index (χ1) is 11.9. The SMILES string of the molecule is CN=C(NCCc1ccccc1)NCc1nnc2n1CCCCC2.I. The summed E-state index contributed by atoms with van der Waals surface area (Å²) >= 11 is 0. The normalized spacial score (nSPS) is 14.2. The highest BCUT2D eigenvalue weighted by Crippen LogP contribution is 2.14. The van der Waals surface area contributed by atoms with Crippen LogP contribution < -0.4 is 10.6 Å². The molecule has 0 atom stereocenters. The van der Waals surface area contributed by atoms with Gasteiger partial charge in [0.2, 0.25) is 0 Å². The first-order valence-corrected chi connectivity index (χ1v) is 8.76. The third kappa shape index (κ3) is 5.69. The van der Waals surface area contributed by atoms with Crippen LogP contribution in [0.1, 0.15) is 36.5 Å². The van der Waals surface area contributed by atoms with Crippen LogP contribution in [0.4, 0.5) is 0 Å². The van der Waals surface area contributed by atoms with Gasteiger partial charge in [0.1, 0.15) is 5.82 Å². The Balaban J connectivity index is 0.00000225.